The van der Waals surface area contributed by atoms with Crippen LogP contribution in [0.25, 0.3) is 0 Å². The summed E-state index contributed by atoms with van der Waals surface area (Å²) in [7, 11) is 0.721. The number of amides is 2. The van der Waals surface area contributed by atoms with Gasteiger partial charge in [0.05, 0.1) is 48.1 Å². The molecule has 13 heteroatoms. The van der Waals surface area contributed by atoms with Crippen molar-refractivity contribution in [1.82, 2.24) is 19.0 Å². The first kappa shape index (κ1) is 31.0. The lowest BCUT2D eigenvalue weighted by molar-refractivity contribution is 0.0388. The standard InChI is InChI=1S/C29H37N5O7S/c1-18-15-34(20(3)17-35)29(37)23-8-7-9-24(30-28(36)25-14-19(2)31-33(25)5)27(23)41-26(18)16-32(4)42(38,39)22-12-10-21(40-6)11-13-22/h7-14,18,20,26,35H,15-17H2,1-6H3,(H,30,36)/t18-,20-,26-/m1/s1. The Morgan fingerprint density at radius 3 is 2.55 bits per heavy atom. The van der Waals surface area contributed by atoms with Crippen LogP contribution in [0.3, 0.4) is 0 Å². The highest BCUT2D eigenvalue weighted by atomic mass is 32.2. The number of methoxy groups -OCH3 is 1. The van der Waals surface area contributed by atoms with Crippen molar-refractivity contribution in [3.8, 4) is 11.5 Å². The molecule has 1 aromatic heterocycles. The second-order valence-electron chi connectivity index (χ2n) is 10.5. The fraction of sp³-hybridized carbons (Fsp3) is 0.414. The van der Waals surface area contributed by atoms with E-state index in [-0.39, 0.29) is 53.4 Å². The normalized spacial score (nSPS) is 18.1. The number of carbonyl (C=O) groups excluding carboxylic acids is 2. The third-order valence-corrected chi connectivity index (χ3v) is 9.22. The Morgan fingerprint density at radius 2 is 1.95 bits per heavy atom. The van der Waals surface area contributed by atoms with Crippen LogP contribution in [-0.4, -0.2) is 90.3 Å². The Bertz CT molecular complexity index is 1550. The van der Waals surface area contributed by atoms with Crippen LogP contribution >= 0.6 is 0 Å². The van der Waals surface area contributed by atoms with Crippen LogP contribution in [-0.2, 0) is 17.1 Å². The van der Waals surface area contributed by atoms with Gasteiger partial charge in [-0.25, -0.2) is 8.42 Å². The average molecular weight is 600 g/mol. The number of fused-ring (bicyclic) bond motifs is 1. The third kappa shape index (κ3) is 6.27. The first-order valence-corrected chi connectivity index (χ1v) is 14.9. The van der Waals surface area contributed by atoms with Gasteiger partial charge in [-0.2, -0.15) is 9.40 Å². The molecule has 42 heavy (non-hydrogen) atoms. The first-order chi connectivity index (χ1) is 19.9. The van der Waals surface area contributed by atoms with E-state index in [9.17, 15) is 23.1 Å². The summed E-state index contributed by atoms with van der Waals surface area (Å²) in [6, 6.07) is 12.1. The van der Waals surface area contributed by atoms with Crippen LogP contribution in [0.2, 0.25) is 0 Å². The third-order valence-electron chi connectivity index (χ3n) is 7.38. The van der Waals surface area contributed by atoms with E-state index in [1.807, 2.05) is 6.92 Å². The maximum absolute atomic E-state index is 13.7. The number of sulfonamides is 1. The van der Waals surface area contributed by atoms with Crippen molar-refractivity contribution in [3.05, 3.63) is 65.5 Å². The molecule has 226 valence electrons. The zero-order valence-corrected chi connectivity index (χ0v) is 25.4. The maximum atomic E-state index is 13.7. The van der Waals surface area contributed by atoms with Gasteiger partial charge in [-0.3, -0.25) is 14.3 Å². The summed E-state index contributed by atoms with van der Waals surface area (Å²) in [5.74, 6) is -0.522. The van der Waals surface area contributed by atoms with Crippen LogP contribution in [0.1, 0.15) is 40.4 Å². The molecule has 0 spiro atoms. The molecule has 4 rings (SSSR count). The SMILES string of the molecule is COc1ccc(S(=O)(=O)N(C)C[C@H]2Oc3c(NC(=O)c4cc(C)nn4C)cccc3C(=O)N([C@H](C)CO)C[C@H]2C)cc1. The van der Waals surface area contributed by atoms with Crippen molar-refractivity contribution in [3.63, 3.8) is 0 Å². The van der Waals surface area contributed by atoms with Crippen LogP contribution in [0.5, 0.6) is 11.5 Å². The number of aliphatic hydroxyl groups is 1. The molecule has 1 aliphatic heterocycles. The van der Waals surface area contributed by atoms with Gasteiger partial charge in [0, 0.05) is 26.6 Å². The average Bonchev–Trinajstić information content (AvgIpc) is 3.32. The number of nitrogens with one attached hydrogen (secondary N) is 1. The molecule has 0 fully saturated rings. The Balaban J connectivity index is 1.72. The van der Waals surface area contributed by atoms with Crippen LogP contribution in [0.4, 0.5) is 5.69 Å². The number of rotatable bonds is 9. The summed E-state index contributed by atoms with van der Waals surface area (Å²) >= 11 is 0. The molecule has 0 unspecified atom stereocenters. The number of anilines is 1. The van der Waals surface area contributed by atoms with Crippen molar-refractivity contribution < 1.29 is 32.6 Å². The van der Waals surface area contributed by atoms with Crippen molar-refractivity contribution in [2.45, 2.75) is 37.8 Å². The van der Waals surface area contributed by atoms with E-state index < -0.39 is 28.1 Å². The molecular formula is C29H37N5O7S. The summed E-state index contributed by atoms with van der Waals surface area (Å²) < 4.78 is 41.2. The molecule has 12 nitrogen and oxygen atoms in total. The van der Waals surface area contributed by atoms with Crippen LogP contribution in [0, 0.1) is 12.8 Å². The van der Waals surface area contributed by atoms with Gasteiger partial charge in [0.2, 0.25) is 10.0 Å². The smallest absolute Gasteiger partial charge is 0.274 e. The number of para-hydroxylation sites is 1. The molecule has 0 aliphatic carbocycles. The number of aromatic nitrogens is 2. The van der Waals surface area contributed by atoms with Gasteiger partial charge >= 0.3 is 0 Å². The second kappa shape index (κ2) is 12.5. The summed E-state index contributed by atoms with van der Waals surface area (Å²) in [6.45, 7) is 5.27. The van der Waals surface area contributed by atoms with Crippen molar-refractivity contribution >= 4 is 27.5 Å². The van der Waals surface area contributed by atoms with E-state index in [1.54, 1.807) is 62.2 Å². The topological polar surface area (TPSA) is 143 Å². The molecule has 2 N–H and O–H groups in total. The van der Waals surface area contributed by atoms with Gasteiger partial charge in [0.25, 0.3) is 11.8 Å². The predicted molar refractivity (Wildman–Crippen MR) is 156 cm³/mol. The largest absolute Gasteiger partial charge is 0.497 e. The fourth-order valence-corrected chi connectivity index (χ4v) is 6.03. The molecule has 2 heterocycles. The number of aryl methyl sites for hydroxylation is 2. The molecule has 0 saturated carbocycles. The molecule has 3 aromatic rings. The molecule has 3 atom stereocenters. The zero-order chi connectivity index (χ0) is 30.8. The molecule has 0 bridgehead atoms. The number of hydrogen-bond donors (Lipinski definition) is 2. The second-order valence-corrected chi connectivity index (χ2v) is 12.6. The predicted octanol–water partition coefficient (Wildman–Crippen LogP) is 2.53. The van der Waals surface area contributed by atoms with Crippen LogP contribution < -0.4 is 14.8 Å². The van der Waals surface area contributed by atoms with Crippen molar-refractivity contribution in [2.75, 3.05) is 39.2 Å². The summed E-state index contributed by atoms with van der Waals surface area (Å²) in [4.78, 5) is 28.6. The Kier molecular flexibility index (Phi) is 9.24. The quantitative estimate of drug-likeness (QED) is 0.382. The Morgan fingerprint density at radius 1 is 1.26 bits per heavy atom. The van der Waals surface area contributed by atoms with Gasteiger partial charge < -0.3 is 24.8 Å². The minimum Gasteiger partial charge on any atom is -0.497 e. The number of carbonyl (C=O) groups is 2. The number of likely N-dealkylation sites (N-methyl/N-ethyl adjacent to an activating group) is 1. The molecule has 0 radical (unpaired) electrons. The lowest BCUT2D eigenvalue weighted by Gasteiger charge is -2.38. The van der Waals surface area contributed by atoms with E-state index >= 15 is 0 Å². The molecular weight excluding hydrogens is 562 g/mol. The van der Waals surface area contributed by atoms with E-state index in [0.717, 1.165) is 0 Å². The lowest BCUT2D eigenvalue weighted by Crippen LogP contribution is -2.50. The number of aliphatic hydroxyl groups excluding tert-OH is 1. The fourth-order valence-electron chi connectivity index (χ4n) is 4.85. The number of ether oxygens (including phenoxy) is 2. The maximum Gasteiger partial charge on any atom is 0.274 e. The van der Waals surface area contributed by atoms with Gasteiger partial charge in [0.1, 0.15) is 17.5 Å². The Hall–Kier alpha value is -3.94. The van der Waals surface area contributed by atoms with E-state index in [0.29, 0.717) is 17.1 Å². The molecule has 2 aromatic carbocycles. The molecule has 2 amide bonds. The highest BCUT2D eigenvalue weighted by molar-refractivity contribution is 7.89. The molecule has 1 aliphatic rings. The van der Waals surface area contributed by atoms with Crippen molar-refractivity contribution in [2.24, 2.45) is 13.0 Å². The summed E-state index contributed by atoms with van der Waals surface area (Å²) in [5, 5.41) is 17.0. The van der Waals surface area contributed by atoms with Gasteiger partial charge in [0.15, 0.2) is 5.75 Å². The van der Waals surface area contributed by atoms with Gasteiger partial charge in [-0.05, 0) is 56.3 Å². The van der Waals surface area contributed by atoms with Crippen LogP contribution in [0.15, 0.2) is 53.4 Å². The zero-order valence-electron chi connectivity index (χ0n) is 24.6. The van der Waals surface area contributed by atoms with E-state index in [4.69, 9.17) is 9.47 Å². The highest BCUT2D eigenvalue weighted by Crippen LogP contribution is 2.35. The minimum absolute atomic E-state index is 0.0479. The number of benzene rings is 2. The highest BCUT2D eigenvalue weighted by Gasteiger charge is 2.36. The van der Waals surface area contributed by atoms with Gasteiger partial charge in [-0.1, -0.05) is 13.0 Å². The van der Waals surface area contributed by atoms with Crippen molar-refractivity contribution in [1.29, 1.82) is 0 Å². The number of hydrogen-bond acceptors (Lipinski definition) is 8. The van der Waals surface area contributed by atoms with Gasteiger partial charge in [-0.15, -0.1) is 0 Å². The number of nitrogens with zero attached hydrogens (tertiary/aromatic N) is 4. The minimum atomic E-state index is -3.90. The Labute approximate surface area is 245 Å². The van der Waals surface area contributed by atoms with E-state index in [1.165, 1.54) is 35.3 Å². The lowest BCUT2D eigenvalue weighted by atomic mass is 9.99. The first-order valence-electron chi connectivity index (χ1n) is 13.5. The van der Waals surface area contributed by atoms with E-state index in [2.05, 4.69) is 10.4 Å². The molecule has 0 saturated heterocycles. The summed E-state index contributed by atoms with van der Waals surface area (Å²) in [6.07, 6.45) is -0.722. The monoisotopic (exact) mass is 599 g/mol. The summed E-state index contributed by atoms with van der Waals surface area (Å²) in [5.41, 5.74) is 1.42.